The van der Waals surface area contributed by atoms with E-state index in [1.165, 1.54) is 0 Å². The summed E-state index contributed by atoms with van der Waals surface area (Å²) >= 11 is 0. The van der Waals surface area contributed by atoms with E-state index >= 15 is 0 Å². The minimum atomic E-state index is -1.44. The van der Waals surface area contributed by atoms with Crippen LogP contribution in [0.4, 0.5) is 0 Å². The largest absolute Gasteiger partial charge is 0.359 e. The van der Waals surface area contributed by atoms with E-state index in [-0.39, 0.29) is 5.41 Å². The molecule has 0 radical (unpaired) electrons. The lowest BCUT2D eigenvalue weighted by molar-refractivity contribution is -0.123. The van der Waals surface area contributed by atoms with Gasteiger partial charge in [0, 0.05) is 11.0 Å². The maximum absolute atomic E-state index is 11.1. The lowest BCUT2D eigenvalue weighted by Gasteiger charge is -2.37. The SMILES string of the molecule is C=CCC1(CC=C)C=CC(O)(OCCCN)C(c2ccccc2)=C1. The Bertz CT molecular complexity index is 608. The average Bonchev–Trinajstić information content (AvgIpc) is 2.59. The molecule has 3 nitrogen and oxygen atoms in total. The molecule has 0 bridgehead atoms. The van der Waals surface area contributed by atoms with E-state index in [0.717, 1.165) is 24.0 Å². The van der Waals surface area contributed by atoms with Crippen LogP contribution in [0.25, 0.3) is 5.57 Å². The second-order valence-corrected chi connectivity index (χ2v) is 6.16. The molecule has 24 heavy (non-hydrogen) atoms. The Balaban J connectivity index is 2.45. The van der Waals surface area contributed by atoms with Gasteiger partial charge in [-0.1, -0.05) is 54.6 Å². The van der Waals surface area contributed by atoms with Crippen LogP contribution in [-0.4, -0.2) is 24.0 Å². The molecule has 1 aliphatic carbocycles. The molecule has 1 aromatic carbocycles. The molecule has 0 saturated heterocycles. The summed E-state index contributed by atoms with van der Waals surface area (Å²) in [6, 6.07) is 9.83. The van der Waals surface area contributed by atoms with Crippen molar-refractivity contribution in [2.45, 2.75) is 25.0 Å². The van der Waals surface area contributed by atoms with Gasteiger partial charge in [-0.2, -0.15) is 0 Å². The van der Waals surface area contributed by atoms with Crippen molar-refractivity contribution in [2.75, 3.05) is 13.2 Å². The molecule has 1 aliphatic rings. The fourth-order valence-corrected chi connectivity index (χ4v) is 3.03. The zero-order chi connectivity index (χ0) is 17.5. The van der Waals surface area contributed by atoms with Crippen molar-refractivity contribution in [1.29, 1.82) is 0 Å². The Morgan fingerprint density at radius 3 is 2.33 bits per heavy atom. The summed E-state index contributed by atoms with van der Waals surface area (Å²) in [6.45, 7) is 8.67. The first kappa shape index (κ1) is 18.4. The van der Waals surface area contributed by atoms with Gasteiger partial charge in [0.25, 0.3) is 0 Å². The van der Waals surface area contributed by atoms with Gasteiger partial charge in [-0.15, -0.1) is 13.2 Å². The highest BCUT2D eigenvalue weighted by atomic mass is 16.6. The van der Waals surface area contributed by atoms with Crippen LogP contribution in [0.3, 0.4) is 0 Å². The quantitative estimate of drug-likeness (QED) is 0.412. The van der Waals surface area contributed by atoms with Gasteiger partial charge in [0.05, 0.1) is 6.61 Å². The number of hydrogen-bond acceptors (Lipinski definition) is 3. The van der Waals surface area contributed by atoms with Crippen LogP contribution in [0.5, 0.6) is 0 Å². The highest BCUT2D eigenvalue weighted by Crippen LogP contribution is 2.43. The maximum Gasteiger partial charge on any atom is 0.212 e. The van der Waals surface area contributed by atoms with Crippen molar-refractivity contribution in [3.63, 3.8) is 0 Å². The monoisotopic (exact) mass is 325 g/mol. The van der Waals surface area contributed by atoms with Gasteiger partial charge >= 0.3 is 0 Å². The number of aliphatic hydroxyl groups is 1. The molecular formula is C21H27NO2. The molecule has 2 rings (SSSR count). The van der Waals surface area contributed by atoms with Crippen molar-refractivity contribution in [2.24, 2.45) is 11.1 Å². The molecule has 1 aromatic rings. The second kappa shape index (κ2) is 8.25. The number of nitrogens with two attached hydrogens (primary N) is 1. The minimum absolute atomic E-state index is 0.238. The van der Waals surface area contributed by atoms with E-state index in [9.17, 15) is 5.11 Å². The molecule has 0 heterocycles. The Labute approximate surface area is 144 Å². The lowest BCUT2D eigenvalue weighted by Crippen LogP contribution is -2.37. The summed E-state index contributed by atoms with van der Waals surface area (Å²) in [6.07, 6.45) is 11.9. The summed E-state index contributed by atoms with van der Waals surface area (Å²) in [5.41, 5.74) is 7.00. The van der Waals surface area contributed by atoms with Crippen molar-refractivity contribution in [3.8, 4) is 0 Å². The zero-order valence-corrected chi connectivity index (χ0v) is 14.2. The molecular weight excluding hydrogens is 298 g/mol. The average molecular weight is 325 g/mol. The Kier molecular flexibility index (Phi) is 6.32. The molecule has 0 saturated carbocycles. The number of hydrogen-bond donors (Lipinski definition) is 2. The van der Waals surface area contributed by atoms with Crippen LogP contribution in [0.15, 0.2) is 73.9 Å². The first-order valence-electron chi connectivity index (χ1n) is 8.36. The minimum Gasteiger partial charge on any atom is -0.359 e. The summed E-state index contributed by atoms with van der Waals surface area (Å²) in [7, 11) is 0. The third-order valence-electron chi connectivity index (χ3n) is 4.26. The molecule has 0 aliphatic heterocycles. The summed E-state index contributed by atoms with van der Waals surface area (Å²) in [5, 5.41) is 11.1. The Morgan fingerprint density at radius 1 is 1.08 bits per heavy atom. The first-order valence-corrected chi connectivity index (χ1v) is 8.36. The lowest BCUT2D eigenvalue weighted by atomic mass is 9.73. The van der Waals surface area contributed by atoms with Crippen LogP contribution in [-0.2, 0) is 4.74 Å². The zero-order valence-electron chi connectivity index (χ0n) is 14.2. The predicted octanol–water partition coefficient (Wildman–Crippen LogP) is 3.83. The maximum atomic E-state index is 11.1. The van der Waals surface area contributed by atoms with Gasteiger partial charge in [-0.05, 0) is 37.4 Å². The Hall–Kier alpha value is -1.94. The number of rotatable bonds is 9. The number of ether oxygens (including phenoxy) is 1. The van der Waals surface area contributed by atoms with Gasteiger partial charge in [-0.3, -0.25) is 0 Å². The van der Waals surface area contributed by atoms with E-state index in [4.69, 9.17) is 10.5 Å². The van der Waals surface area contributed by atoms with Gasteiger partial charge in [0.1, 0.15) is 0 Å². The standard InChI is InChI=1S/C21H27NO2/c1-3-11-20(12-4-2)13-14-21(23,24-16-8-15-22)19(17-20)18-9-6-5-7-10-18/h3-7,9-10,13-14,17,23H,1-2,8,11-12,15-16,22H2. The van der Waals surface area contributed by atoms with Crippen LogP contribution >= 0.6 is 0 Å². The molecule has 0 aromatic heterocycles. The van der Waals surface area contributed by atoms with Crippen LogP contribution < -0.4 is 5.73 Å². The summed E-state index contributed by atoms with van der Waals surface area (Å²) < 4.78 is 5.80. The molecule has 3 heteroatoms. The molecule has 1 atom stereocenters. The van der Waals surface area contributed by atoms with Crippen molar-refractivity contribution >= 4 is 5.57 Å². The van der Waals surface area contributed by atoms with Gasteiger partial charge in [0.15, 0.2) is 0 Å². The van der Waals surface area contributed by atoms with Crippen molar-refractivity contribution < 1.29 is 9.84 Å². The van der Waals surface area contributed by atoms with Crippen molar-refractivity contribution in [1.82, 2.24) is 0 Å². The highest BCUT2D eigenvalue weighted by molar-refractivity contribution is 5.75. The third kappa shape index (κ3) is 4.12. The molecule has 128 valence electrons. The second-order valence-electron chi connectivity index (χ2n) is 6.16. The van der Waals surface area contributed by atoms with E-state index in [0.29, 0.717) is 19.6 Å². The van der Waals surface area contributed by atoms with E-state index in [1.807, 2.05) is 48.6 Å². The van der Waals surface area contributed by atoms with Crippen LogP contribution in [0.2, 0.25) is 0 Å². The van der Waals surface area contributed by atoms with Gasteiger partial charge in [0.2, 0.25) is 5.79 Å². The van der Waals surface area contributed by atoms with Crippen molar-refractivity contribution in [3.05, 3.63) is 79.4 Å². The van der Waals surface area contributed by atoms with E-state index < -0.39 is 5.79 Å². The predicted molar refractivity (Wildman–Crippen MR) is 100 cm³/mol. The van der Waals surface area contributed by atoms with E-state index in [1.54, 1.807) is 6.08 Å². The smallest absolute Gasteiger partial charge is 0.212 e. The summed E-state index contributed by atoms with van der Waals surface area (Å²) in [5.74, 6) is -1.44. The van der Waals surface area contributed by atoms with Crippen LogP contribution in [0, 0.1) is 5.41 Å². The number of benzene rings is 1. The molecule has 0 fully saturated rings. The highest BCUT2D eigenvalue weighted by Gasteiger charge is 2.38. The van der Waals surface area contributed by atoms with Gasteiger partial charge in [-0.25, -0.2) is 0 Å². The topological polar surface area (TPSA) is 55.5 Å². The van der Waals surface area contributed by atoms with Gasteiger partial charge < -0.3 is 15.6 Å². The molecule has 0 amide bonds. The summed E-state index contributed by atoms with van der Waals surface area (Å²) in [4.78, 5) is 0. The molecule has 3 N–H and O–H groups in total. The van der Waals surface area contributed by atoms with Crippen LogP contribution in [0.1, 0.15) is 24.8 Å². The molecule has 1 unspecified atom stereocenters. The number of allylic oxidation sites excluding steroid dienone is 4. The fourth-order valence-electron chi connectivity index (χ4n) is 3.03. The van der Waals surface area contributed by atoms with E-state index in [2.05, 4.69) is 19.2 Å². The Morgan fingerprint density at radius 2 is 1.75 bits per heavy atom. The normalized spacial score (nSPS) is 22.0. The first-order chi connectivity index (χ1) is 11.6. The third-order valence-corrected chi connectivity index (χ3v) is 4.26. The molecule has 0 spiro atoms. The fraction of sp³-hybridized carbons (Fsp3) is 0.333.